The van der Waals surface area contributed by atoms with Gasteiger partial charge in [-0.15, -0.1) is 5.10 Å². The van der Waals surface area contributed by atoms with Gasteiger partial charge in [0, 0.05) is 6.54 Å². The number of para-hydroxylation sites is 2. The smallest absolute Gasteiger partial charge is 0.177 e. The van der Waals surface area contributed by atoms with Gasteiger partial charge in [0.05, 0.1) is 43.8 Å². The van der Waals surface area contributed by atoms with Crippen LogP contribution >= 0.6 is 0 Å². The highest BCUT2D eigenvalue weighted by molar-refractivity contribution is 5.59. The van der Waals surface area contributed by atoms with Crippen LogP contribution in [-0.4, -0.2) is 35.3 Å². The number of nitriles is 1. The van der Waals surface area contributed by atoms with Crippen molar-refractivity contribution in [2.45, 2.75) is 12.8 Å². The molecule has 1 saturated heterocycles. The lowest BCUT2D eigenvalue weighted by Gasteiger charge is -2.25. The van der Waals surface area contributed by atoms with Crippen molar-refractivity contribution in [3.8, 4) is 11.8 Å². The molecule has 0 radical (unpaired) electrons. The van der Waals surface area contributed by atoms with E-state index in [-0.39, 0.29) is 6.23 Å². The number of aromatic nitrogens is 3. The topological polar surface area (TPSA) is 76.2 Å². The second-order valence-corrected chi connectivity index (χ2v) is 6.24. The molecule has 7 nitrogen and oxygen atoms in total. The SMILES string of the molecule is COc1ccccc1N1CCOC1c1cn(Cc2ccc(C#N)cc2)nn1. The number of anilines is 1. The molecule has 27 heavy (non-hydrogen) atoms. The fourth-order valence-electron chi connectivity index (χ4n) is 3.20. The van der Waals surface area contributed by atoms with Crippen LogP contribution in [0.3, 0.4) is 0 Å². The van der Waals surface area contributed by atoms with E-state index in [4.69, 9.17) is 14.7 Å². The molecule has 2 aromatic carbocycles. The molecule has 1 fully saturated rings. The molecule has 0 aliphatic carbocycles. The zero-order valence-corrected chi connectivity index (χ0v) is 14.9. The maximum atomic E-state index is 8.89. The highest BCUT2D eigenvalue weighted by atomic mass is 16.5. The Kier molecular flexibility index (Phi) is 4.73. The number of methoxy groups -OCH3 is 1. The molecule has 0 amide bonds. The summed E-state index contributed by atoms with van der Waals surface area (Å²) in [6.45, 7) is 1.96. The first-order chi connectivity index (χ1) is 13.3. The van der Waals surface area contributed by atoms with E-state index in [1.54, 1.807) is 23.9 Å². The van der Waals surface area contributed by atoms with Crippen LogP contribution in [0.15, 0.2) is 54.7 Å². The lowest BCUT2D eigenvalue weighted by Crippen LogP contribution is -2.24. The molecular formula is C20H19N5O2. The molecule has 0 saturated carbocycles. The molecule has 1 atom stereocenters. The van der Waals surface area contributed by atoms with Crippen molar-refractivity contribution in [3.63, 3.8) is 0 Å². The van der Waals surface area contributed by atoms with Gasteiger partial charge in [-0.1, -0.05) is 29.5 Å². The van der Waals surface area contributed by atoms with Crippen LogP contribution in [0.25, 0.3) is 0 Å². The molecular weight excluding hydrogens is 342 g/mol. The van der Waals surface area contributed by atoms with E-state index in [0.29, 0.717) is 18.7 Å². The Morgan fingerprint density at radius 3 is 2.81 bits per heavy atom. The van der Waals surface area contributed by atoms with Gasteiger partial charge < -0.3 is 14.4 Å². The van der Waals surface area contributed by atoms with E-state index in [9.17, 15) is 0 Å². The average Bonchev–Trinajstić information content (AvgIpc) is 3.37. The molecule has 1 aromatic heterocycles. The lowest BCUT2D eigenvalue weighted by molar-refractivity contribution is 0.110. The molecule has 0 N–H and O–H groups in total. The number of nitrogens with zero attached hydrogens (tertiary/aromatic N) is 5. The third kappa shape index (κ3) is 3.48. The summed E-state index contributed by atoms with van der Waals surface area (Å²) in [6, 6.07) is 17.5. The minimum atomic E-state index is -0.295. The van der Waals surface area contributed by atoms with Gasteiger partial charge in [-0.2, -0.15) is 5.26 Å². The average molecular weight is 361 g/mol. The van der Waals surface area contributed by atoms with Gasteiger partial charge in [-0.05, 0) is 29.8 Å². The van der Waals surface area contributed by atoms with Crippen LogP contribution in [0.5, 0.6) is 5.75 Å². The van der Waals surface area contributed by atoms with Gasteiger partial charge in [0.1, 0.15) is 11.4 Å². The first-order valence-electron chi connectivity index (χ1n) is 8.69. The Hall–Kier alpha value is -3.37. The van der Waals surface area contributed by atoms with Crippen LogP contribution in [0, 0.1) is 11.3 Å². The fourth-order valence-corrected chi connectivity index (χ4v) is 3.20. The number of rotatable bonds is 5. The molecule has 4 rings (SSSR count). The second-order valence-electron chi connectivity index (χ2n) is 6.24. The van der Waals surface area contributed by atoms with Crippen molar-refractivity contribution in [2.24, 2.45) is 0 Å². The summed E-state index contributed by atoms with van der Waals surface area (Å²) in [4.78, 5) is 2.13. The Balaban J connectivity index is 1.54. The van der Waals surface area contributed by atoms with Crippen molar-refractivity contribution in [1.82, 2.24) is 15.0 Å². The Morgan fingerprint density at radius 1 is 1.22 bits per heavy atom. The Labute approximate surface area is 157 Å². The predicted octanol–water partition coefficient (Wildman–Crippen LogP) is 2.74. The van der Waals surface area contributed by atoms with Crippen LogP contribution in [0.2, 0.25) is 0 Å². The Bertz CT molecular complexity index is 961. The van der Waals surface area contributed by atoms with E-state index in [2.05, 4.69) is 21.3 Å². The first kappa shape index (κ1) is 17.1. The van der Waals surface area contributed by atoms with Crippen LogP contribution < -0.4 is 9.64 Å². The summed E-state index contributed by atoms with van der Waals surface area (Å²) in [5.41, 5.74) is 3.43. The van der Waals surface area contributed by atoms with Gasteiger partial charge in [0.15, 0.2) is 6.23 Å². The number of hydrogen-bond donors (Lipinski definition) is 0. The second kappa shape index (κ2) is 7.48. The maximum absolute atomic E-state index is 8.89. The van der Waals surface area contributed by atoms with Gasteiger partial charge in [-0.25, -0.2) is 4.68 Å². The van der Waals surface area contributed by atoms with E-state index in [0.717, 1.165) is 29.2 Å². The molecule has 1 aliphatic rings. The minimum absolute atomic E-state index is 0.295. The number of hydrogen-bond acceptors (Lipinski definition) is 6. The van der Waals surface area contributed by atoms with Crippen LogP contribution in [0.1, 0.15) is 23.0 Å². The normalized spacial score (nSPS) is 16.3. The summed E-state index contributed by atoms with van der Waals surface area (Å²) in [6.07, 6.45) is 1.60. The van der Waals surface area contributed by atoms with Crippen LogP contribution in [-0.2, 0) is 11.3 Å². The molecule has 0 bridgehead atoms. The zero-order chi connectivity index (χ0) is 18.6. The number of benzene rings is 2. The fraction of sp³-hybridized carbons (Fsp3) is 0.250. The molecule has 1 aliphatic heterocycles. The summed E-state index contributed by atoms with van der Waals surface area (Å²) < 4.78 is 13.2. The highest BCUT2D eigenvalue weighted by Gasteiger charge is 2.31. The standard InChI is InChI=1S/C20H19N5O2/c1-26-19-5-3-2-4-18(19)25-10-11-27-20(25)17-14-24(23-22-17)13-16-8-6-15(12-21)7-9-16/h2-9,14,20H,10-11,13H2,1H3. The molecule has 2 heterocycles. The van der Waals surface area contributed by atoms with Crippen molar-refractivity contribution in [2.75, 3.05) is 25.2 Å². The summed E-state index contributed by atoms with van der Waals surface area (Å²) >= 11 is 0. The molecule has 136 valence electrons. The minimum Gasteiger partial charge on any atom is -0.495 e. The van der Waals surface area contributed by atoms with Gasteiger partial charge in [-0.3, -0.25) is 0 Å². The van der Waals surface area contributed by atoms with E-state index in [1.807, 2.05) is 42.6 Å². The van der Waals surface area contributed by atoms with Gasteiger partial charge >= 0.3 is 0 Å². The third-order valence-electron chi connectivity index (χ3n) is 4.52. The van der Waals surface area contributed by atoms with Crippen LogP contribution in [0.4, 0.5) is 5.69 Å². The molecule has 0 spiro atoms. The quantitative estimate of drug-likeness (QED) is 0.695. The largest absolute Gasteiger partial charge is 0.495 e. The van der Waals surface area contributed by atoms with Gasteiger partial charge in [0.25, 0.3) is 0 Å². The lowest BCUT2D eigenvalue weighted by atomic mass is 10.1. The molecule has 1 unspecified atom stereocenters. The summed E-state index contributed by atoms with van der Waals surface area (Å²) in [5, 5.41) is 17.4. The first-order valence-corrected chi connectivity index (χ1v) is 8.69. The van der Waals surface area contributed by atoms with Crippen molar-refractivity contribution in [3.05, 3.63) is 71.5 Å². The van der Waals surface area contributed by atoms with E-state index < -0.39 is 0 Å². The maximum Gasteiger partial charge on any atom is 0.177 e. The van der Waals surface area contributed by atoms with Crippen molar-refractivity contribution < 1.29 is 9.47 Å². The van der Waals surface area contributed by atoms with E-state index in [1.165, 1.54) is 0 Å². The van der Waals surface area contributed by atoms with Gasteiger partial charge in [0.2, 0.25) is 0 Å². The number of ether oxygens (including phenoxy) is 2. The van der Waals surface area contributed by atoms with E-state index >= 15 is 0 Å². The predicted molar refractivity (Wildman–Crippen MR) is 99.3 cm³/mol. The monoisotopic (exact) mass is 361 g/mol. The summed E-state index contributed by atoms with van der Waals surface area (Å²) in [7, 11) is 1.67. The van der Waals surface area contributed by atoms with Crippen molar-refractivity contribution in [1.29, 1.82) is 5.26 Å². The molecule has 3 aromatic rings. The highest BCUT2D eigenvalue weighted by Crippen LogP contribution is 2.36. The Morgan fingerprint density at radius 2 is 2.04 bits per heavy atom. The van der Waals surface area contributed by atoms with Crippen molar-refractivity contribution >= 4 is 5.69 Å². The zero-order valence-electron chi connectivity index (χ0n) is 14.9. The molecule has 7 heteroatoms. The summed E-state index contributed by atoms with van der Waals surface area (Å²) in [5.74, 6) is 0.804. The third-order valence-corrected chi connectivity index (χ3v) is 4.52.